The minimum absolute atomic E-state index is 0.190. The zero-order chi connectivity index (χ0) is 20.5. The van der Waals surface area contributed by atoms with E-state index in [-0.39, 0.29) is 5.91 Å². The summed E-state index contributed by atoms with van der Waals surface area (Å²) in [7, 11) is 0. The van der Waals surface area contributed by atoms with Gasteiger partial charge in [0.1, 0.15) is 5.82 Å². The lowest BCUT2D eigenvalue weighted by Crippen LogP contribution is -2.31. The topological polar surface area (TPSA) is 63.1 Å². The molecule has 0 aliphatic carbocycles. The molecule has 1 saturated heterocycles. The first kappa shape index (κ1) is 19.0. The van der Waals surface area contributed by atoms with Crippen molar-refractivity contribution in [2.24, 2.45) is 11.8 Å². The summed E-state index contributed by atoms with van der Waals surface area (Å²) in [6.07, 6.45) is 1.97. The zero-order valence-electron chi connectivity index (χ0n) is 17.3. The third-order valence-corrected chi connectivity index (χ3v) is 6.41. The predicted molar refractivity (Wildman–Crippen MR) is 116 cm³/mol. The summed E-state index contributed by atoms with van der Waals surface area (Å²) in [4.78, 5) is 15.3. The van der Waals surface area contributed by atoms with Crippen molar-refractivity contribution in [3.8, 4) is 0 Å². The largest absolute Gasteiger partial charge is 0.319 e. The lowest BCUT2D eigenvalue weighted by atomic mass is 9.89. The van der Waals surface area contributed by atoms with Crippen molar-refractivity contribution in [3.63, 3.8) is 0 Å². The average molecular weight is 402 g/mol. The molecule has 2 aromatic carbocycles. The third-order valence-electron chi connectivity index (χ3n) is 6.41. The van der Waals surface area contributed by atoms with Crippen molar-refractivity contribution in [2.45, 2.75) is 32.9 Å². The minimum Gasteiger partial charge on any atom is -0.319 e. The molecule has 6 nitrogen and oxygen atoms in total. The van der Waals surface area contributed by atoms with Gasteiger partial charge in [0, 0.05) is 38.3 Å². The highest BCUT2D eigenvalue weighted by Gasteiger charge is 2.39. The standard InChI is InChI=1S/C24H27N5O/c1-2-17-8-10-18(11-9-17)13-28-14-19-12-22-26-27-23(29(22)16-20(19)15-28)24(30)25-21-6-4-3-5-7-21/h3-11,19-20H,2,12-16H2,1H3,(H,25,30)/t19-,20-/m1/s1. The Bertz CT molecular complexity index is 1030. The van der Waals surface area contributed by atoms with Gasteiger partial charge in [-0.25, -0.2) is 0 Å². The molecule has 1 amide bonds. The van der Waals surface area contributed by atoms with Gasteiger partial charge in [0.25, 0.3) is 5.91 Å². The molecule has 3 aromatic rings. The first-order valence-electron chi connectivity index (χ1n) is 10.8. The van der Waals surface area contributed by atoms with Crippen LogP contribution >= 0.6 is 0 Å². The van der Waals surface area contributed by atoms with Crippen molar-refractivity contribution in [1.29, 1.82) is 0 Å². The molecule has 6 heteroatoms. The number of benzene rings is 2. The van der Waals surface area contributed by atoms with E-state index in [9.17, 15) is 4.79 Å². The minimum atomic E-state index is -0.190. The maximum absolute atomic E-state index is 12.8. The second-order valence-electron chi connectivity index (χ2n) is 8.46. The van der Waals surface area contributed by atoms with Crippen molar-refractivity contribution >= 4 is 11.6 Å². The summed E-state index contributed by atoms with van der Waals surface area (Å²) >= 11 is 0. The van der Waals surface area contributed by atoms with Crippen LogP contribution in [0.4, 0.5) is 5.69 Å². The Labute approximate surface area is 176 Å². The fraction of sp³-hybridized carbons (Fsp3) is 0.375. The summed E-state index contributed by atoms with van der Waals surface area (Å²) in [6, 6.07) is 18.5. The quantitative estimate of drug-likeness (QED) is 0.712. The first-order valence-corrected chi connectivity index (χ1v) is 10.8. The number of aromatic nitrogens is 3. The van der Waals surface area contributed by atoms with Crippen LogP contribution in [0.15, 0.2) is 54.6 Å². The second-order valence-corrected chi connectivity index (χ2v) is 8.46. The Kier molecular flexibility index (Phi) is 5.09. The maximum atomic E-state index is 12.8. The van der Waals surface area contributed by atoms with E-state index in [4.69, 9.17) is 0 Å². The van der Waals surface area contributed by atoms with Crippen LogP contribution in [0.1, 0.15) is 34.5 Å². The molecule has 1 N–H and O–H groups in total. The number of nitrogens with zero attached hydrogens (tertiary/aromatic N) is 4. The van der Waals surface area contributed by atoms with E-state index >= 15 is 0 Å². The number of hydrogen-bond donors (Lipinski definition) is 1. The van der Waals surface area contributed by atoms with Crippen molar-refractivity contribution in [2.75, 3.05) is 18.4 Å². The van der Waals surface area contributed by atoms with E-state index < -0.39 is 0 Å². The summed E-state index contributed by atoms with van der Waals surface area (Å²) in [5.74, 6) is 2.28. The number of hydrogen-bond acceptors (Lipinski definition) is 4. The van der Waals surface area contributed by atoms with Crippen LogP contribution in [-0.2, 0) is 25.9 Å². The van der Waals surface area contributed by atoms with E-state index in [0.29, 0.717) is 17.7 Å². The van der Waals surface area contributed by atoms with E-state index in [0.717, 1.165) is 50.5 Å². The smallest absolute Gasteiger partial charge is 0.293 e. The summed E-state index contributed by atoms with van der Waals surface area (Å²) in [6.45, 7) is 6.12. The number of likely N-dealkylation sites (tertiary alicyclic amines) is 1. The fourth-order valence-electron chi connectivity index (χ4n) is 4.77. The van der Waals surface area contributed by atoms with Gasteiger partial charge < -0.3 is 9.88 Å². The summed E-state index contributed by atoms with van der Waals surface area (Å²) < 4.78 is 2.03. The van der Waals surface area contributed by atoms with Gasteiger partial charge in [0.05, 0.1) is 0 Å². The number of rotatable bonds is 5. The summed E-state index contributed by atoms with van der Waals surface area (Å²) in [5, 5.41) is 11.5. The number of nitrogens with one attached hydrogen (secondary N) is 1. The third kappa shape index (κ3) is 3.75. The lowest BCUT2D eigenvalue weighted by Gasteiger charge is -2.25. The molecule has 0 unspecified atom stereocenters. The van der Waals surface area contributed by atoms with E-state index in [1.54, 1.807) is 0 Å². The Morgan fingerprint density at radius 3 is 2.47 bits per heavy atom. The molecule has 1 fully saturated rings. The van der Waals surface area contributed by atoms with Gasteiger partial charge in [-0.15, -0.1) is 10.2 Å². The monoisotopic (exact) mass is 401 g/mol. The molecule has 0 radical (unpaired) electrons. The molecule has 0 bridgehead atoms. The van der Waals surface area contributed by atoms with E-state index in [1.165, 1.54) is 11.1 Å². The Morgan fingerprint density at radius 1 is 0.967 bits per heavy atom. The number of carbonyl (C=O) groups is 1. The highest BCUT2D eigenvalue weighted by Crippen LogP contribution is 2.33. The van der Waals surface area contributed by atoms with Crippen LogP contribution in [0.25, 0.3) is 0 Å². The molecular weight excluding hydrogens is 374 g/mol. The van der Waals surface area contributed by atoms with Gasteiger partial charge in [-0.05, 0) is 41.5 Å². The van der Waals surface area contributed by atoms with Crippen LogP contribution in [0.3, 0.4) is 0 Å². The van der Waals surface area contributed by atoms with Gasteiger partial charge >= 0.3 is 0 Å². The highest BCUT2D eigenvalue weighted by molar-refractivity contribution is 6.01. The van der Waals surface area contributed by atoms with Gasteiger partial charge in [0.2, 0.25) is 5.82 Å². The SMILES string of the molecule is CCc1ccc(CN2C[C@H]3Cc4nnc(C(=O)Nc5ccccc5)n4C[C@H]3C2)cc1. The van der Waals surface area contributed by atoms with Crippen LogP contribution in [0.5, 0.6) is 0 Å². The zero-order valence-corrected chi connectivity index (χ0v) is 17.3. The normalized spacial score (nSPS) is 20.6. The average Bonchev–Trinajstić information content (AvgIpc) is 3.36. The molecule has 2 aliphatic rings. The number of para-hydroxylation sites is 1. The predicted octanol–water partition coefficient (Wildman–Crippen LogP) is 3.40. The van der Waals surface area contributed by atoms with Crippen LogP contribution < -0.4 is 5.32 Å². The maximum Gasteiger partial charge on any atom is 0.293 e. The number of carbonyl (C=O) groups excluding carboxylic acids is 1. The van der Waals surface area contributed by atoms with Gasteiger partial charge in [-0.1, -0.05) is 49.4 Å². The Balaban J connectivity index is 1.26. The van der Waals surface area contributed by atoms with E-state index in [2.05, 4.69) is 51.6 Å². The van der Waals surface area contributed by atoms with Crippen LogP contribution in [0, 0.1) is 11.8 Å². The molecule has 1 aromatic heterocycles. The Morgan fingerprint density at radius 2 is 1.70 bits per heavy atom. The van der Waals surface area contributed by atoms with Gasteiger partial charge in [-0.2, -0.15) is 0 Å². The van der Waals surface area contributed by atoms with Crippen molar-refractivity contribution < 1.29 is 4.79 Å². The Hall–Kier alpha value is -2.99. The molecule has 5 rings (SSSR count). The van der Waals surface area contributed by atoms with Gasteiger partial charge in [0.15, 0.2) is 0 Å². The molecule has 154 valence electrons. The molecule has 0 spiro atoms. The van der Waals surface area contributed by atoms with Crippen LogP contribution in [0.2, 0.25) is 0 Å². The number of amides is 1. The van der Waals surface area contributed by atoms with Crippen molar-refractivity contribution in [1.82, 2.24) is 19.7 Å². The first-order chi connectivity index (χ1) is 14.7. The fourth-order valence-corrected chi connectivity index (χ4v) is 4.77. The number of anilines is 1. The highest BCUT2D eigenvalue weighted by atomic mass is 16.2. The van der Waals surface area contributed by atoms with Crippen LogP contribution in [-0.4, -0.2) is 38.7 Å². The summed E-state index contributed by atoms with van der Waals surface area (Å²) in [5.41, 5.74) is 3.52. The van der Waals surface area contributed by atoms with Crippen molar-refractivity contribution in [3.05, 3.63) is 77.4 Å². The molecule has 0 saturated carbocycles. The van der Waals surface area contributed by atoms with E-state index in [1.807, 2.05) is 34.9 Å². The molecule has 3 heterocycles. The molecular formula is C24H27N5O. The molecule has 2 aliphatic heterocycles. The number of fused-ring (bicyclic) bond motifs is 2. The lowest BCUT2D eigenvalue weighted by molar-refractivity contribution is 0.100. The second kappa shape index (κ2) is 8.03. The van der Waals surface area contributed by atoms with Gasteiger partial charge in [-0.3, -0.25) is 9.69 Å². The molecule has 30 heavy (non-hydrogen) atoms. The number of aryl methyl sites for hydroxylation is 1. The molecule has 2 atom stereocenters.